The lowest BCUT2D eigenvalue weighted by Gasteiger charge is -2.12. The summed E-state index contributed by atoms with van der Waals surface area (Å²) >= 11 is 0. The summed E-state index contributed by atoms with van der Waals surface area (Å²) in [4.78, 5) is 0. The quantitative estimate of drug-likeness (QED) is 0.581. The molecule has 0 heterocycles. The van der Waals surface area contributed by atoms with Crippen LogP contribution in [-0.4, -0.2) is 5.11 Å². The number of hydrogen-bond donors (Lipinski definition) is 1. The van der Waals surface area contributed by atoms with E-state index in [1.165, 1.54) is 24.3 Å². The molecule has 3 rings (SSSR count). The molecule has 0 saturated heterocycles. The van der Waals surface area contributed by atoms with Crippen LogP contribution in [0.5, 0.6) is 5.75 Å². The fourth-order valence-electron chi connectivity index (χ4n) is 2.49. The number of aromatic hydroxyl groups is 1. The fourth-order valence-corrected chi connectivity index (χ4v) is 2.49. The van der Waals surface area contributed by atoms with Gasteiger partial charge in [-0.2, -0.15) is 13.2 Å². The SMILES string of the molecule is Oc1cc(-c2ccccc2)c(F)c(-c2ccc(C(F)(F)F)cc2)c1. The first-order chi connectivity index (χ1) is 11.4. The van der Waals surface area contributed by atoms with Crippen LogP contribution in [0.1, 0.15) is 5.56 Å². The van der Waals surface area contributed by atoms with E-state index in [4.69, 9.17) is 0 Å². The predicted molar refractivity (Wildman–Crippen MR) is 83.9 cm³/mol. The summed E-state index contributed by atoms with van der Waals surface area (Å²) in [5.41, 5.74) is 0.246. The lowest BCUT2D eigenvalue weighted by molar-refractivity contribution is -0.137. The molecule has 0 spiro atoms. The average Bonchev–Trinajstić information content (AvgIpc) is 2.57. The summed E-state index contributed by atoms with van der Waals surface area (Å²) in [7, 11) is 0. The number of benzene rings is 3. The second-order valence-electron chi connectivity index (χ2n) is 5.30. The van der Waals surface area contributed by atoms with Crippen LogP contribution in [0.2, 0.25) is 0 Å². The summed E-state index contributed by atoms with van der Waals surface area (Å²) in [6, 6.07) is 15.3. The zero-order valence-electron chi connectivity index (χ0n) is 12.3. The monoisotopic (exact) mass is 332 g/mol. The Morgan fingerprint density at radius 1 is 0.708 bits per heavy atom. The van der Waals surface area contributed by atoms with E-state index in [2.05, 4.69) is 0 Å². The minimum absolute atomic E-state index is 0.0441. The molecular formula is C19H12F4O. The number of alkyl halides is 3. The van der Waals surface area contributed by atoms with Crippen molar-refractivity contribution in [2.75, 3.05) is 0 Å². The molecule has 0 bridgehead atoms. The smallest absolute Gasteiger partial charge is 0.416 e. The van der Waals surface area contributed by atoms with E-state index in [0.717, 1.165) is 12.1 Å². The molecule has 0 aliphatic carbocycles. The highest BCUT2D eigenvalue weighted by Crippen LogP contribution is 2.36. The van der Waals surface area contributed by atoms with Crippen LogP contribution in [0.4, 0.5) is 17.6 Å². The van der Waals surface area contributed by atoms with E-state index >= 15 is 0 Å². The Morgan fingerprint density at radius 3 is 1.71 bits per heavy atom. The van der Waals surface area contributed by atoms with Crippen LogP contribution in [0.3, 0.4) is 0 Å². The topological polar surface area (TPSA) is 20.2 Å². The van der Waals surface area contributed by atoms with Crippen molar-refractivity contribution in [3.05, 3.63) is 78.1 Å². The van der Waals surface area contributed by atoms with E-state index in [-0.39, 0.29) is 22.4 Å². The second-order valence-corrected chi connectivity index (χ2v) is 5.30. The van der Waals surface area contributed by atoms with Crippen LogP contribution >= 0.6 is 0 Å². The molecule has 0 saturated carbocycles. The third-order valence-electron chi connectivity index (χ3n) is 3.67. The maximum atomic E-state index is 14.8. The Morgan fingerprint density at radius 2 is 1.21 bits per heavy atom. The first-order valence-electron chi connectivity index (χ1n) is 7.12. The van der Waals surface area contributed by atoms with Gasteiger partial charge in [-0.15, -0.1) is 0 Å². The van der Waals surface area contributed by atoms with E-state index in [1.54, 1.807) is 30.3 Å². The third kappa shape index (κ3) is 3.11. The number of hydrogen-bond acceptors (Lipinski definition) is 1. The zero-order chi connectivity index (χ0) is 17.3. The molecule has 0 atom stereocenters. The van der Waals surface area contributed by atoms with E-state index in [0.29, 0.717) is 5.56 Å². The lowest BCUT2D eigenvalue weighted by atomic mass is 9.97. The van der Waals surface area contributed by atoms with Crippen molar-refractivity contribution < 1.29 is 22.7 Å². The van der Waals surface area contributed by atoms with E-state index in [1.807, 2.05) is 0 Å². The maximum absolute atomic E-state index is 14.8. The highest BCUT2D eigenvalue weighted by molar-refractivity contribution is 5.76. The summed E-state index contributed by atoms with van der Waals surface area (Å²) in [6.45, 7) is 0. The van der Waals surface area contributed by atoms with Crippen LogP contribution in [0.25, 0.3) is 22.3 Å². The Hall–Kier alpha value is -2.82. The zero-order valence-corrected chi connectivity index (χ0v) is 12.3. The molecule has 3 aromatic carbocycles. The molecule has 24 heavy (non-hydrogen) atoms. The molecule has 0 aliphatic rings. The summed E-state index contributed by atoms with van der Waals surface area (Å²) in [6.07, 6.45) is -4.45. The van der Waals surface area contributed by atoms with Gasteiger partial charge in [-0.05, 0) is 35.4 Å². The van der Waals surface area contributed by atoms with Crippen LogP contribution < -0.4 is 0 Å². The number of phenols is 1. The van der Waals surface area contributed by atoms with Crippen molar-refractivity contribution in [3.8, 4) is 28.0 Å². The van der Waals surface area contributed by atoms with Gasteiger partial charge >= 0.3 is 6.18 Å². The molecule has 0 aliphatic heterocycles. The van der Waals surface area contributed by atoms with Crippen molar-refractivity contribution in [1.29, 1.82) is 0 Å². The Balaban J connectivity index is 2.11. The van der Waals surface area contributed by atoms with Gasteiger partial charge in [-0.3, -0.25) is 0 Å². The van der Waals surface area contributed by atoms with Gasteiger partial charge < -0.3 is 5.11 Å². The average molecular weight is 332 g/mol. The maximum Gasteiger partial charge on any atom is 0.416 e. The Bertz CT molecular complexity index is 853. The van der Waals surface area contributed by atoms with Gasteiger partial charge in [0, 0.05) is 11.1 Å². The van der Waals surface area contributed by atoms with Gasteiger partial charge in [0.1, 0.15) is 11.6 Å². The predicted octanol–water partition coefficient (Wildman–Crippen LogP) is 5.88. The molecule has 0 fully saturated rings. The molecule has 0 unspecified atom stereocenters. The normalized spacial score (nSPS) is 11.5. The van der Waals surface area contributed by atoms with Gasteiger partial charge in [-0.25, -0.2) is 4.39 Å². The number of halogens is 4. The molecule has 3 aromatic rings. The molecule has 122 valence electrons. The Kier molecular flexibility index (Phi) is 4.01. The van der Waals surface area contributed by atoms with E-state index < -0.39 is 17.6 Å². The fraction of sp³-hybridized carbons (Fsp3) is 0.0526. The molecule has 1 nitrogen and oxygen atoms in total. The second kappa shape index (κ2) is 6.00. The van der Waals surface area contributed by atoms with Gasteiger partial charge in [0.05, 0.1) is 5.56 Å². The number of phenolic OH excluding ortho intramolecular Hbond substituents is 1. The van der Waals surface area contributed by atoms with Crippen molar-refractivity contribution in [2.45, 2.75) is 6.18 Å². The Labute approximate surface area is 135 Å². The van der Waals surface area contributed by atoms with Crippen molar-refractivity contribution in [3.63, 3.8) is 0 Å². The molecule has 0 radical (unpaired) electrons. The van der Waals surface area contributed by atoms with Crippen LogP contribution in [0, 0.1) is 5.82 Å². The van der Waals surface area contributed by atoms with Gasteiger partial charge in [0.25, 0.3) is 0 Å². The third-order valence-corrected chi connectivity index (χ3v) is 3.67. The highest BCUT2D eigenvalue weighted by atomic mass is 19.4. The van der Waals surface area contributed by atoms with Crippen molar-refractivity contribution >= 4 is 0 Å². The molecule has 5 heteroatoms. The largest absolute Gasteiger partial charge is 0.508 e. The van der Waals surface area contributed by atoms with Crippen LogP contribution in [-0.2, 0) is 6.18 Å². The van der Waals surface area contributed by atoms with Crippen molar-refractivity contribution in [2.24, 2.45) is 0 Å². The van der Waals surface area contributed by atoms with Crippen LogP contribution in [0.15, 0.2) is 66.7 Å². The van der Waals surface area contributed by atoms with E-state index in [9.17, 15) is 22.7 Å². The summed E-state index contributed by atoms with van der Waals surface area (Å²) in [5.74, 6) is -0.760. The molecule has 0 aromatic heterocycles. The minimum Gasteiger partial charge on any atom is -0.508 e. The van der Waals surface area contributed by atoms with Crippen molar-refractivity contribution in [1.82, 2.24) is 0 Å². The molecule has 0 amide bonds. The highest BCUT2D eigenvalue weighted by Gasteiger charge is 2.30. The lowest BCUT2D eigenvalue weighted by Crippen LogP contribution is -2.04. The first-order valence-corrected chi connectivity index (χ1v) is 7.12. The molecule has 1 N–H and O–H groups in total. The summed E-state index contributed by atoms with van der Waals surface area (Å²) < 4.78 is 52.7. The molecular weight excluding hydrogens is 320 g/mol. The number of rotatable bonds is 2. The summed E-state index contributed by atoms with van der Waals surface area (Å²) in [5, 5.41) is 9.88. The van der Waals surface area contributed by atoms with Gasteiger partial charge in [0.15, 0.2) is 0 Å². The van der Waals surface area contributed by atoms with Gasteiger partial charge in [-0.1, -0.05) is 42.5 Å². The van der Waals surface area contributed by atoms with Gasteiger partial charge in [0.2, 0.25) is 0 Å². The standard InChI is InChI=1S/C19H12F4O/c20-18-16(12-4-2-1-3-5-12)10-15(24)11-17(18)13-6-8-14(9-7-13)19(21,22)23/h1-11,24H. The minimum atomic E-state index is -4.45. The first kappa shape index (κ1) is 16.1.